The minimum Gasteiger partial charge on any atom is -0.443 e. The van der Waals surface area contributed by atoms with Crippen molar-refractivity contribution in [2.45, 2.75) is 46.8 Å². The summed E-state index contributed by atoms with van der Waals surface area (Å²) >= 11 is 0. The summed E-state index contributed by atoms with van der Waals surface area (Å²) in [4.78, 5) is 22.1. The molecule has 28 heavy (non-hydrogen) atoms. The fourth-order valence-electron chi connectivity index (χ4n) is 2.91. The van der Waals surface area contributed by atoms with Gasteiger partial charge < -0.3 is 9.72 Å². The smallest absolute Gasteiger partial charge is 0.415 e. The largest absolute Gasteiger partial charge is 0.443 e. The molecule has 0 saturated heterocycles. The molecule has 3 rings (SSSR count). The Morgan fingerprint density at radius 2 is 1.82 bits per heavy atom. The standard InChI is InChI=1S/C21H24FN3O2.ClH/c1-13-14(2)24-19-17(13)10-11-23-18(19)12-25(20(26)27-21(3,4)5)16-8-6-15(22)7-9-16;/h6-11,24H,12H2,1-5H3;1H. The molecule has 0 aliphatic heterocycles. The van der Waals surface area contributed by atoms with Crippen LogP contribution in [-0.2, 0) is 11.3 Å². The second kappa shape index (κ2) is 8.19. The van der Waals surface area contributed by atoms with Crippen LogP contribution < -0.4 is 4.90 Å². The van der Waals surface area contributed by atoms with Gasteiger partial charge in [0.05, 0.1) is 17.8 Å². The van der Waals surface area contributed by atoms with Gasteiger partial charge in [-0.05, 0) is 70.5 Å². The number of aryl methyl sites for hydroxylation is 2. The Balaban J connectivity index is 0.00000280. The highest BCUT2D eigenvalue weighted by molar-refractivity contribution is 5.90. The zero-order valence-corrected chi connectivity index (χ0v) is 17.5. The summed E-state index contributed by atoms with van der Waals surface area (Å²) in [7, 11) is 0. The Labute approximate surface area is 170 Å². The van der Waals surface area contributed by atoms with E-state index in [0.29, 0.717) is 5.69 Å². The molecular formula is C21H25ClFN3O2. The molecule has 1 aromatic carbocycles. The number of H-pyrrole nitrogens is 1. The molecule has 0 spiro atoms. The number of benzene rings is 1. The fraction of sp³-hybridized carbons (Fsp3) is 0.333. The van der Waals surface area contributed by atoms with E-state index < -0.39 is 11.7 Å². The molecule has 5 nitrogen and oxygen atoms in total. The van der Waals surface area contributed by atoms with Gasteiger partial charge in [0.2, 0.25) is 0 Å². The van der Waals surface area contributed by atoms with Gasteiger partial charge in [-0.25, -0.2) is 9.18 Å². The van der Waals surface area contributed by atoms with Crippen LogP contribution >= 0.6 is 12.4 Å². The van der Waals surface area contributed by atoms with Gasteiger partial charge in [-0.15, -0.1) is 12.4 Å². The van der Waals surface area contributed by atoms with Gasteiger partial charge in [0.15, 0.2) is 0 Å². The summed E-state index contributed by atoms with van der Waals surface area (Å²) in [5.74, 6) is -0.362. The molecular weight excluding hydrogens is 381 g/mol. The summed E-state index contributed by atoms with van der Waals surface area (Å²) in [6, 6.07) is 7.72. The zero-order valence-electron chi connectivity index (χ0n) is 16.7. The number of carbonyl (C=O) groups excluding carboxylic acids is 1. The van der Waals surface area contributed by atoms with Crippen LogP contribution in [0.1, 0.15) is 37.7 Å². The molecule has 0 saturated carbocycles. The number of carbonyl (C=O) groups is 1. The average Bonchev–Trinajstić information content (AvgIpc) is 2.88. The molecule has 0 fully saturated rings. The SMILES string of the molecule is Cc1[nH]c2c(CN(C(=O)OC(C)(C)C)c3ccc(F)cc3)nccc2c1C.Cl. The first-order valence-corrected chi connectivity index (χ1v) is 8.84. The van der Waals surface area contributed by atoms with Crippen molar-refractivity contribution in [3.63, 3.8) is 0 Å². The van der Waals surface area contributed by atoms with E-state index in [1.807, 2.05) is 40.7 Å². The van der Waals surface area contributed by atoms with Crippen molar-refractivity contribution in [3.05, 3.63) is 59.3 Å². The first-order valence-electron chi connectivity index (χ1n) is 8.84. The molecule has 1 N–H and O–H groups in total. The quantitative estimate of drug-likeness (QED) is 0.609. The van der Waals surface area contributed by atoms with Crippen LogP contribution in [0.15, 0.2) is 36.5 Å². The van der Waals surface area contributed by atoms with E-state index in [0.717, 1.165) is 27.9 Å². The number of amides is 1. The molecule has 0 bridgehead atoms. The summed E-state index contributed by atoms with van der Waals surface area (Å²) in [6.45, 7) is 9.69. The minimum absolute atomic E-state index is 0. The number of nitrogens with zero attached hydrogens (tertiary/aromatic N) is 2. The number of fused-ring (bicyclic) bond motifs is 1. The topological polar surface area (TPSA) is 58.2 Å². The molecule has 0 aliphatic rings. The van der Waals surface area contributed by atoms with Crippen LogP contribution in [0.2, 0.25) is 0 Å². The number of ether oxygens (including phenoxy) is 1. The highest BCUT2D eigenvalue weighted by Gasteiger charge is 2.25. The normalized spacial score (nSPS) is 11.2. The molecule has 0 radical (unpaired) electrons. The third-order valence-corrected chi connectivity index (χ3v) is 4.37. The molecule has 0 atom stereocenters. The highest BCUT2D eigenvalue weighted by Crippen LogP contribution is 2.26. The number of halogens is 2. The second-order valence-corrected chi connectivity index (χ2v) is 7.60. The molecule has 1 amide bonds. The Kier molecular flexibility index (Phi) is 6.34. The maximum absolute atomic E-state index is 13.4. The Hall–Kier alpha value is -2.60. The number of anilines is 1. The number of hydrogen-bond donors (Lipinski definition) is 1. The number of pyridine rings is 1. The van der Waals surface area contributed by atoms with E-state index in [-0.39, 0.29) is 24.8 Å². The molecule has 2 heterocycles. The van der Waals surface area contributed by atoms with E-state index >= 15 is 0 Å². The highest BCUT2D eigenvalue weighted by atomic mass is 35.5. The monoisotopic (exact) mass is 405 g/mol. The first kappa shape index (κ1) is 21.7. The summed E-state index contributed by atoms with van der Waals surface area (Å²) in [6.07, 6.45) is 1.23. The van der Waals surface area contributed by atoms with Gasteiger partial charge in [0.1, 0.15) is 11.4 Å². The van der Waals surface area contributed by atoms with Crippen LogP contribution in [0.4, 0.5) is 14.9 Å². The lowest BCUT2D eigenvalue weighted by molar-refractivity contribution is 0.0577. The van der Waals surface area contributed by atoms with Crippen molar-refractivity contribution in [1.29, 1.82) is 0 Å². The van der Waals surface area contributed by atoms with Crippen molar-refractivity contribution < 1.29 is 13.9 Å². The lowest BCUT2D eigenvalue weighted by Crippen LogP contribution is -2.36. The van der Waals surface area contributed by atoms with Crippen LogP contribution in [-0.4, -0.2) is 21.7 Å². The molecule has 3 aromatic rings. The maximum Gasteiger partial charge on any atom is 0.415 e. The summed E-state index contributed by atoms with van der Waals surface area (Å²) in [5, 5.41) is 1.07. The van der Waals surface area contributed by atoms with Gasteiger partial charge in [-0.2, -0.15) is 0 Å². The van der Waals surface area contributed by atoms with E-state index in [4.69, 9.17) is 4.74 Å². The van der Waals surface area contributed by atoms with E-state index in [1.54, 1.807) is 18.3 Å². The van der Waals surface area contributed by atoms with Crippen molar-refractivity contribution in [1.82, 2.24) is 9.97 Å². The molecule has 7 heteroatoms. The Morgan fingerprint density at radius 1 is 1.18 bits per heavy atom. The molecule has 0 unspecified atom stereocenters. The van der Waals surface area contributed by atoms with Gasteiger partial charge in [-0.1, -0.05) is 0 Å². The lowest BCUT2D eigenvalue weighted by atomic mass is 10.1. The molecule has 2 aromatic heterocycles. The second-order valence-electron chi connectivity index (χ2n) is 7.60. The molecule has 150 valence electrons. The van der Waals surface area contributed by atoms with Gasteiger partial charge in [0.25, 0.3) is 0 Å². The molecule has 0 aliphatic carbocycles. The third-order valence-electron chi connectivity index (χ3n) is 4.37. The van der Waals surface area contributed by atoms with Crippen LogP contribution in [0.3, 0.4) is 0 Å². The predicted molar refractivity (Wildman–Crippen MR) is 112 cm³/mol. The summed E-state index contributed by atoms with van der Waals surface area (Å²) < 4.78 is 18.9. The van der Waals surface area contributed by atoms with Crippen LogP contribution in [0, 0.1) is 19.7 Å². The van der Waals surface area contributed by atoms with E-state index in [2.05, 4.69) is 9.97 Å². The number of nitrogens with one attached hydrogen (secondary N) is 1. The van der Waals surface area contributed by atoms with Gasteiger partial charge >= 0.3 is 6.09 Å². The third kappa shape index (κ3) is 4.62. The van der Waals surface area contributed by atoms with Gasteiger partial charge in [-0.3, -0.25) is 9.88 Å². The summed E-state index contributed by atoms with van der Waals surface area (Å²) in [5.41, 5.74) is 3.73. The maximum atomic E-state index is 13.4. The van der Waals surface area contributed by atoms with E-state index in [9.17, 15) is 9.18 Å². The lowest BCUT2D eigenvalue weighted by Gasteiger charge is -2.27. The number of aromatic nitrogens is 2. The number of rotatable bonds is 3. The van der Waals surface area contributed by atoms with Crippen LogP contribution in [0.25, 0.3) is 10.9 Å². The Bertz CT molecular complexity index is 978. The number of aromatic amines is 1. The minimum atomic E-state index is -0.644. The average molecular weight is 406 g/mol. The van der Waals surface area contributed by atoms with Crippen molar-refractivity contribution in [2.24, 2.45) is 0 Å². The van der Waals surface area contributed by atoms with Gasteiger partial charge in [0, 0.05) is 23.0 Å². The van der Waals surface area contributed by atoms with Crippen molar-refractivity contribution in [3.8, 4) is 0 Å². The Morgan fingerprint density at radius 3 is 2.43 bits per heavy atom. The van der Waals surface area contributed by atoms with Crippen molar-refractivity contribution in [2.75, 3.05) is 4.90 Å². The van der Waals surface area contributed by atoms with Crippen LogP contribution in [0.5, 0.6) is 0 Å². The van der Waals surface area contributed by atoms with E-state index in [1.165, 1.54) is 17.0 Å². The fourth-order valence-corrected chi connectivity index (χ4v) is 2.91. The zero-order chi connectivity index (χ0) is 19.8. The first-order chi connectivity index (χ1) is 12.7. The van der Waals surface area contributed by atoms with Crippen molar-refractivity contribution >= 4 is 35.1 Å². The number of hydrogen-bond acceptors (Lipinski definition) is 3. The predicted octanol–water partition coefficient (Wildman–Crippen LogP) is 5.68.